The molecule has 3 heteroatoms. The van der Waals surface area contributed by atoms with Gasteiger partial charge in [0, 0.05) is 13.5 Å². The predicted molar refractivity (Wildman–Crippen MR) is 43.1 cm³/mol. The summed E-state index contributed by atoms with van der Waals surface area (Å²) in [5, 5.41) is 3.11. The second-order valence-corrected chi connectivity index (χ2v) is 2.27. The van der Waals surface area contributed by atoms with E-state index in [0.717, 1.165) is 12.3 Å². The van der Waals surface area contributed by atoms with E-state index in [0.29, 0.717) is 12.4 Å². The number of aromatic nitrogens is 1. The molecule has 1 rings (SSSR count). The van der Waals surface area contributed by atoms with E-state index in [2.05, 4.69) is 16.9 Å². The van der Waals surface area contributed by atoms with Gasteiger partial charge in [-0.25, -0.2) is 4.98 Å². The van der Waals surface area contributed by atoms with E-state index in [1.165, 1.54) is 0 Å². The van der Waals surface area contributed by atoms with Crippen molar-refractivity contribution in [2.45, 2.75) is 13.5 Å². The molecule has 0 aliphatic carbocycles. The molecule has 0 spiro atoms. The van der Waals surface area contributed by atoms with Crippen LogP contribution in [-0.4, -0.2) is 11.5 Å². The quantitative estimate of drug-likeness (QED) is 0.521. The predicted octanol–water partition coefficient (Wildman–Crippen LogP) is 1.26. The van der Waals surface area contributed by atoms with Crippen molar-refractivity contribution in [3.05, 3.63) is 30.5 Å². The van der Waals surface area contributed by atoms with Crippen molar-refractivity contribution in [3.63, 3.8) is 0 Å². The highest BCUT2D eigenvalue weighted by Gasteiger charge is 1.96. The van der Waals surface area contributed by atoms with Gasteiger partial charge in [-0.3, -0.25) is 0 Å². The molecule has 1 heterocycles. The maximum absolute atomic E-state index is 5.22. The largest absolute Gasteiger partial charge is 0.445 e. The number of oxazole rings is 1. The van der Waals surface area contributed by atoms with Crippen molar-refractivity contribution < 1.29 is 4.42 Å². The Kier molecular flexibility index (Phi) is 2.86. The number of nitrogens with zero attached hydrogens (tertiary/aromatic N) is 1. The lowest BCUT2D eigenvalue weighted by molar-refractivity contribution is 0.461. The minimum absolute atomic E-state index is 0.709. The molecule has 0 amide bonds. The zero-order valence-electron chi connectivity index (χ0n) is 6.63. The monoisotopic (exact) mass is 152 g/mol. The first-order valence-electron chi connectivity index (χ1n) is 3.56. The summed E-state index contributed by atoms with van der Waals surface area (Å²) in [7, 11) is 0. The van der Waals surface area contributed by atoms with E-state index in [1.54, 1.807) is 6.20 Å². The molecule has 1 aromatic rings. The molecule has 0 saturated carbocycles. The third kappa shape index (κ3) is 2.55. The van der Waals surface area contributed by atoms with E-state index < -0.39 is 0 Å². The number of rotatable bonds is 4. The van der Waals surface area contributed by atoms with Crippen LogP contribution in [0.3, 0.4) is 0 Å². The Morgan fingerprint density at radius 1 is 1.82 bits per heavy atom. The first-order chi connectivity index (χ1) is 5.33. The van der Waals surface area contributed by atoms with Gasteiger partial charge in [0.25, 0.3) is 0 Å². The lowest BCUT2D eigenvalue weighted by Crippen LogP contribution is -2.11. The molecule has 0 fully saturated rings. The van der Waals surface area contributed by atoms with Gasteiger partial charge >= 0.3 is 0 Å². The summed E-state index contributed by atoms with van der Waals surface area (Å²) < 4.78 is 5.22. The molecule has 1 N–H and O–H groups in total. The fourth-order valence-corrected chi connectivity index (χ4v) is 0.784. The Hall–Kier alpha value is -1.09. The van der Waals surface area contributed by atoms with Crippen LogP contribution in [0.25, 0.3) is 0 Å². The molecule has 0 atom stereocenters. The van der Waals surface area contributed by atoms with Crippen LogP contribution in [0.1, 0.15) is 11.7 Å². The smallest absolute Gasteiger partial charge is 0.191 e. The normalized spacial score (nSPS) is 9.91. The lowest BCUT2D eigenvalue weighted by Gasteiger charge is -1.94. The van der Waals surface area contributed by atoms with Gasteiger partial charge in [-0.1, -0.05) is 6.08 Å². The summed E-state index contributed by atoms with van der Waals surface area (Å²) in [5.74, 6) is 1.57. The molecular formula is C8H12N2O. The van der Waals surface area contributed by atoms with Crippen molar-refractivity contribution in [3.8, 4) is 0 Å². The standard InChI is InChI=1S/C8H12N2O/c1-3-4-9-5-8-6-10-7(2)11-8/h3,6,9H,1,4-5H2,2H3. The Labute approximate surface area is 66.1 Å². The maximum Gasteiger partial charge on any atom is 0.191 e. The minimum Gasteiger partial charge on any atom is -0.445 e. The Bertz CT molecular complexity index is 230. The Morgan fingerprint density at radius 2 is 2.64 bits per heavy atom. The number of nitrogens with one attached hydrogen (secondary N) is 1. The molecule has 11 heavy (non-hydrogen) atoms. The maximum atomic E-state index is 5.22. The van der Waals surface area contributed by atoms with Gasteiger partial charge in [0.1, 0.15) is 5.76 Å². The van der Waals surface area contributed by atoms with Gasteiger partial charge in [0.2, 0.25) is 0 Å². The van der Waals surface area contributed by atoms with Gasteiger partial charge in [0.05, 0.1) is 12.7 Å². The van der Waals surface area contributed by atoms with Crippen molar-refractivity contribution >= 4 is 0 Å². The van der Waals surface area contributed by atoms with Crippen molar-refractivity contribution in [1.82, 2.24) is 10.3 Å². The van der Waals surface area contributed by atoms with E-state index in [1.807, 2.05) is 13.0 Å². The summed E-state index contributed by atoms with van der Waals surface area (Å²) in [6.45, 7) is 6.93. The second-order valence-electron chi connectivity index (χ2n) is 2.27. The third-order valence-electron chi connectivity index (χ3n) is 1.26. The molecule has 0 aliphatic rings. The van der Waals surface area contributed by atoms with E-state index in [9.17, 15) is 0 Å². The summed E-state index contributed by atoms with van der Waals surface area (Å²) >= 11 is 0. The summed E-state index contributed by atoms with van der Waals surface area (Å²) in [5.41, 5.74) is 0. The number of hydrogen-bond acceptors (Lipinski definition) is 3. The Balaban J connectivity index is 2.32. The molecule has 0 bridgehead atoms. The van der Waals surface area contributed by atoms with Gasteiger partial charge in [-0.05, 0) is 0 Å². The summed E-state index contributed by atoms with van der Waals surface area (Å²) in [6.07, 6.45) is 3.54. The van der Waals surface area contributed by atoms with E-state index in [-0.39, 0.29) is 0 Å². The molecule has 60 valence electrons. The van der Waals surface area contributed by atoms with Crippen LogP contribution in [0, 0.1) is 6.92 Å². The van der Waals surface area contributed by atoms with Crippen LogP contribution in [-0.2, 0) is 6.54 Å². The fraction of sp³-hybridized carbons (Fsp3) is 0.375. The van der Waals surface area contributed by atoms with Crippen LogP contribution < -0.4 is 5.32 Å². The van der Waals surface area contributed by atoms with Gasteiger partial charge < -0.3 is 9.73 Å². The van der Waals surface area contributed by atoms with Gasteiger partial charge in [-0.2, -0.15) is 0 Å². The topological polar surface area (TPSA) is 38.1 Å². The highest BCUT2D eigenvalue weighted by atomic mass is 16.4. The minimum atomic E-state index is 0.709. The van der Waals surface area contributed by atoms with Crippen LogP contribution in [0.5, 0.6) is 0 Å². The average Bonchev–Trinajstić information content (AvgIpc) is 2.37. The van der Waals surface area contributed by atoms with E-state index >= 15 is 0 Å². The third-order valence-corrected chi connectivity index (χ3v) is 1.26. The first-order valence-corrected chi connectivity index (χ1v) is 3.56. The first kappa shape index (κ1) is 8.01. The molecule has 0 saturated heterocycles. The highest BCUT2D eigenvalue weighted by molar-refractivity contribution is 4.92. The zero-order chi connectivity index (χ0) is 8.10. The molecule has 0 aliphatic heterocycles. The van der Waals surface area contributed by atoms with Gasteiger partial charge in [0.15, 0.2) is 5.89 Å². The van der Waals surface area contributed by atoms with E-state index in [4.69, 9.17) is 4.42 Å². The molecule has 1 aromatic heterocycles. The van der Waals surface area contributed by atoms with Crippen molar-refractivity contribution in [2.75, 3.05) is 6.54 Å². The van der Waals surface area contributed by atoms with Crippen LogP contribution >= 0.6 is 0 Å². The molecule has 0 unspecified atom stereocenters. The number of aryl methyl sites for hydroxylation is 1. The summed E-state index contributed by atoms with van der Waals surface area (Å²) in [6, 6.07) is 0. The average molecular weight is 152 g/mol. The van der Waals surface area contributed by atoms with Crippen LogP contribution in [0.2, 0.25) is 0 Å². The van der Waals surface area contributed by atoms with Crippen molar-refractivity contribution in [1.29, 1.82) is 0 Å². The van der Waals surface area contributed by atoms with Crippen LogP contribution in [0.4, 0.5) is 0 Å². The molecule has 0 radical (unpaired) electrons. The fourth-order valence-electron chi connectivity index (χ4n) is 0.784. The highest BCUT2D eigenvalue weighted by Crippen LogP contribution is 2.00. The zero-order valence-corrected chi connectivity index (χ0v) is 6.63. The Morgan fingerprint density at radius 3 is 3.18 bits per heavy atom. The lowest BCUT2D eigenvalue weighted by atomic mass is 10.5. The SMILES string of the molecule is C=CCNCc1cnc(C)o1. The molecule has 0 aromatic carbocycles. The summed E-state index contributed by atoms with van der Waals surface area (Å²) in [4.78, 5) is 3.96. The molecule has 3 nitrogen and oxygen atoms in total. The van der Waals surface area contributed by atoms with Gasteiger partial charge in [-0.15, -0.1) is 6.58 Å². The molecular weight excluding hydrogens is 140 g/mol. The second kappa shape index (κ2) is 3.93. The van der Waals surface area contributed by atoms with Crippen molar-refractivity contribution in [2.24, 2.45) is 0 Å². The van der Waals surface area contributed by atoms with Crippen LogP contribution in [0.15, 0.2) is 23.3 Å². The number of hydrogen-bond donors (Lipinski definition) is 1.